The van der Waals surface area contributed by atoms with Gasteiger partial charge in [0.15, 0.2) is 5.78 Å². The van der Waals surface area contributed by atoms with Gasteiger partial charge < -0.3 is 23.7 Å². The van der Waals surface area contributed by atoms with Gasteiger partial charge in [0.05, 0.1) is 47.4 Å². The summed E-state index contributed by atoms with van der Waals surface area (Å²) in [5, 5.41) is 9.14. The average Bonchev–Trinajstić information content (AvgIpc) is 3.83. The molecule has 0 saturated carbocycles. The number of allylic oxidation sites excluding steroid dienone is 1. The molecule has 0 spiro atoms. The fraction of sp³-hybridized carbons (Fsp3) is 0.345. The van der Waals surface area contributed by atoms with E-state index in [0.29, 0.717) is 72.5 Å². The van der Waals surface area contributed by atoms with Crippen LogP contribution in [-0.2, 0) is 14.3 Å². The first-order chi connectivity index (χ1) is 34.7. The Bertz CT molecular complexity index is 2680. The van der Waals surface area contributed by atoms with Gasteiger partial charge in [0.25, 0.3) is 0 Å². The van der Waals surface area contributed by atoms with Crippen LogP contribution < -0.4 is 24.0 Å². The third-order valence-electron chi connectivity index (χ3n) is 11.6. The van der Waals surface area contributed by atoms with Crippen molar-refractivity contribution in [3.8, 4) is 23.0 Å². The van der Waals surface area contributed by atoms with Crippen LogP contribution in [-0.4, -0.2) is 61.3 Å². The Morgan fingerprint density at radius 2 is 1.23 bits per heavy atom. The predicted octanol–water partition coefficient (Wildman–Crippen LogP) is 13.8. The van der Waals surface area contributed by atoms with Crippen LogP contribution >= 0.6 is 11.3 Å². The van der Waals surface area contributed by atoms with Gasteiger partial charge in [0.2, 0.25) is 5.13 Å². The van der Waals surface area contributed by atoms with E-state index in [2.05, 4.69) is 20.1 Å². The lowest BCUT2D eigenvalue weighted by Crippen LogP contribution is -2.18. The standard InChI is InChI=1S/C58H65N3O9S/c1-4-7-8-18-35-61(58-60-52-23-16-17-24-54(52)71-58)59-42-47-39-46-40-51(69-56(64)43-25-30-49(31-26-43)66-36-19-12-10-9-11-15-22-48(62)5-2)34-29-45(46)41-53(47)70-57(65)44-27-32-50(33-28-44)67-37-20-13-14-21-38-68-55(63)6-3/h5-6,16-17,23-34,39-42H,2-4,7-15,18-22,35-38H2,1H3/b59-42+. The van der Waals surface area contributed by atoms with Crippen molar-refractivity contribution in [1.29, 1.82) is 0 Å². The molecule has 0 bridgehead atoms. The summed E-state index contributed by atoms with van der Waals surface area (Å²) >= 11 is 1.57. The molecule has 1 aromatic heterocycles. The fourth-order valence-electron chi connectivity index (χ4n) is 7.60. The predicted molar refractivity (Wildman–Crippen MR) is 284 cm³/mol. The normalized spacial score (nSPS) is 11.1. The molecular formula is C58H65N3O9S. The number of hydrogen-bond acceptors (Lipinski definition) is 13. The minimum Gasteiger partial charge on any atom is -0.494 e. The topological polar surface area (TPSA) is 143 Å². The number of nitrogens with zero attached hydrogens (tertiary/aromatic N) is 3. The number of aromatic nitrogens is 1. The van der Waals surface area contributed by atoms with Gasteiger partial charge in [0, 0.05) is 24.6 Å². The maximum absolute atomic E-state index is 13.8. The Labute approximate surface area is 421 Å². The van der Waals surface area contributed by atoms with Crippen molar-refractivity contribution >= 4 is 67.4 Å². The molecule has 0 aliphatic carbocycles. The number of rotatable bonds is 32. The number of fused-ring (bicyclic) bond motifs is 2. The molecule has 1 heterocycles. The van der Waals surface area contributed by atoms with Crippen molar-refractivity contribution in [2.24, 2.45) is 5.10 Å². The molecule has 5 aromatic carbocycles. The van der Waals surface area contributed by atoms with Gasteiger partial charge in [-0.15, -0.1) is 0 Å². The van der Waals surface area contributed by atoms with E-state index in [4.69, 9.17) is 33.8 Å². The van der Waals surface area contributed by atoms with Gasteiger partial charge in [0.1, 0.15) is 23.0 Å². The number of ether oxygens (including phenoxy) is 5. The van der Waals surface area contributed by atoms with Crippen molar-refractivity contribution in [2.75, 3.05) is 31.4 Å². The number of unbranched alkanes of at least 4 members (excludes halogenated alkanes) is 11. The first-order valence-electron chi connectivity index (χ1n) is 24.8. The highest BCUT2D eigenvalue weighted by atomic mass is 32.1. The number of thiazole rings is 1. The Balaban J connectivity index is 1.12. The lowest BCUT2D eigenvalue weighted by Gasteiger charge is -2.16. The Morgan fingerprint density at radius 1 is 0.620 bits per heavy atom. The van der Waals surface area contributed by atoms with Gasteiger partial charge in [-0.25, -0.2) is 24.4 Å². The van der Waals surface area contributed by atoms with E-state index in [-0.39, 0.29) is 5.78 Å². The number of hydrazone groups is 1. The number of ketones is 1. The minimum atomic E-state index is -0.547. The summed E-state index contributed by atoms with van der Waals surface area (Å²) in [6.45, 7) is 11.2. The van der Waals surface area contributed by atoms with Crippen LogP contribution in [0.5, 0.6) is 23.0 Å². The van der Waals surface area contributed by atoms with Gasteiger partial charge in [-0.05, 0) is 147 Å². The fourth-order valence-corrected chi connectivity index (χ4v) is 8.55. The Morgan fingerprint density at radius 3 is 1.87 bits per heavy atom. The summed E-state index contributed by atoms with van der Waals surface area (Å²) in [4.78, 5) is 54.6. The molecule has 13 heteroatoms. The molecule has 12 nitrogen and oxygen atoms in total. The van der Waals surface area contributed by atoms with E-state index in [1.807, 2.05) is 41.4 Å². The molecular weight excluding hydrogens is 915 g/mol. The first-order valence-corrected chi connectivity index (χ1v) is 25.6. The number of carbonyl (C=O) groups excluding carboxylic acids is 4. The van der Waals surface area contributed by atoms with Crippen molar-refractivity contribution in [2.45, 2.75) is 103 Å². The summed E-state index contributed by atoms with van der Waals surface area (Å²) in [5.74, 6) is 0.608. The largest absolute Gasteiger partial charge is 0.494 e. The van der Waals surface area contributed by atoms with Gasteiger partial charge >= 0.3 is 17.9 Å². The maximum Gasteiger partial charge on any atom is 0.343 e. The van der Waals surface area contributed by atoms with Crippen molar-refractivity contribution in [1.82, 2.24) is 4.98 Å². The Hall–Kier alpha value is -7.12. The van der Waals surface area contributed by atoms with E-state index >= 15 is 0 Å². The average molecular weight is 980 g/mol. The molecule has 6 aromatic rings. The monoisotopic (exact) mass is 979 g/mol. The summed E-state index contributed by atoms with van der Waals surface area (Å²) in [5.41, 5.74) is 2.17. The zero-order valence-corrected chi connectivity index (χ0v) is 41.6. The molecule has 0 radical (unpaired) electrons. The maximum atomic E-state index is 13.8. The van der Waals surface area contributed by atoms with Crippen molar-refractivity contribution < 1.29 is 42.9 Å². The summed E-state index contributed by atoms with van der Waals surface area (Å²) in [6, 6.07) is 30.8. The van der Waals surface area contributed by atoms with Crippen LogP contribution in [0.3, 0.4) is 0 Å². The van der Waals surface area contributed by atoms with E-state index in [1.165, 1.54) is 6.08 Å². The second kappa shape index (κ2) is 29.2. The highest BCUT2D eigenvalue weighted by Gasteiger charge is 2.17. The summed E-state index contributed by atoms with van der Waals surface area (Å²) < 4.78 is 29.9. The molecule has 0 fully saturated rings. The lowest BCUT2D eigenvalue weighted by molar-refractivity contribution is -0.137. The van der Waals surface area contributed by atoms with E-state index in [1.54, 1.807) is 84.3 Å². The van der Waals surface area contributed by atoms with Gasteiger partial charge in [-0.2, -0.15) is 5.10 Å². The molecule has 6 rings (SSSR count). The van der Waals surface area contributed by atoms with Crippen LogP contribution in [0.15, 0.2) is 134 Å². The van der Waals surface area contributed by atoms with Crippen LogP contribution in [0.1, 0.15) is 130 Å². The van der Waals surface area contributed by atoms with Crippen LogP contribution in [0.25, 0.3) is 21.0 Å². The molecule has 0 N–H and O–H groups in total. The molecule has 0 aliphatic rings. The molecule has 0 aliphatic heterocycles. The molecule has 372 valence electrons. The summed E-state index contributed by atoms with van der Waals surface area (Å²) in [6.07, 6.45) is 18.5. The molecule has 0 atom stereocenters. The van der Waals surface area contributed by atoms with Gasteiger partial charge in [-0.3, -0.25) is 4.79 Å². The van der Waals surface area contributed by atoms with E-state index in [9.17, 15) is 19.2 Å². The van der Waals surface area contributed by atoms with Crippen molar-refractivity contribution in [3.63, 3.8) is 0 Å². The minimum absolute atomic E-state index is 0.104. The quantitative estimate of drug-likeness (QED) is 0.00995. The number of hydrogen-bond donors (Lipinski definition) is 0. The number of anilines is 1. The number of para-hydroxylation sites is 1. The smallest absolute Gasteiger partial charge is 0.343 e. The van der Waals surface area contributed by atoms with E-state index < -0.39 is 17.9 Å². The lowest BCUT2D eigenvalue weighted by atomic mass is 10.1. The van der Waals surface area contributed by atoms with Crippen LogP contribution in [0.4, 0.5) is 5.13 Å². The molecule has 0 unspecified atom stereocenters. The van der Waals surface area contributed by atoms with E-state index in [0.717, 1.165) is 122 Å². The third kappa shape index (κ3) is 17.7. The second-order valence-corrected chi connectivity index (χ2v) is 18.2. The van der Waals surface area contributed by atoms with Gasteiger partial charge in [-0.1, -0.05) is 94.6 Å². The SMILES string of the molecule is C=CC(=O)CCCCCCCCOc1ccc(C(=O)Oc2ccc3cc(OC(=O)c4ccc(OCCCCCCOC(=O)C=C)cc4)c(/C=N/N(CCCCCC)c4nc5ccccc5s4)cc3c2)cc1. The zero-order valence-electron chi connectivity index (χ0n) is 40.8. The number of esters is 3. The van der Waals surface area contributed by atoms with Crippen LogP contribution in [0, 0.1) is 0 Å². The highest BCUT2D eigenvalue weighted by molar-refractivity contribution is 7.22. The number of carbonyl (C=O) groups is 4. The number of benzene rings is 5. The third-order valence-corrected chi connectivity index (χ3v) is 12.7. The second-order valence-electron chi connectivity index (χ2n) is 17.1. The van der Waals surface area contributed by atoms with Crippen molar-refractivity contribution in [3.05, 3.63) is 145 Å². The molecule has 0 saturated heterocycles. The first kappa shape index (κ1) is 53.2. The highest BCUT2D eigenvalue weighted by Crippen LogP contribution is 2.32. The molecule has 71 heavy (non-hydrogen) atoms. The summed E-state index contributed by atoms with van der Waals surface area (Å²) in [7, 11) is 0. The zero-order chi connectivity index (χ0) is 50.0. The molecule has 0 amide bonds. The Kier molecular flexibility index (Phi) is 21.9. The van der Waals surface area contributed by atoms with Crippen LogP contribution in [0.2, 0.25) is 0 Å².